The third kappa shape index (κ3) is 3.70. The number of hydrogen-bond acceptors (Lipinski definition) is 3. The summed E-state index contributed by atoms with van der Waals surface area (Å²) < 4.78 is 39.6. The van der Waals surface area contributed by atoms with Crippen LogP contribution in [0.15, 0.2) is 30.5 Å². The number of aliphatic hydroxyl groups is 1. The van der Waals surface area contributed by atoms with Crippen molar-refractivity contribution in [3.05, 3.63) is 47.3 Å². The van der Waals surface area contributed by atoms with Gasteiger partial charge >= 0.3 is 6.18 Å². The summed E-state index contributed by atoms with van der Waals surface area (Å²) in [5.74, 6) is -0.442. The molecular weight excluding hydrogens is 311 g/mol. The first kappa shape index (κ1) is 17.0. The molecular formula is C15H16F3N3O2. The number of hydrogen-bond donors (Lipinski definition) is 2. The second kappa shape index (κ2) is 6.41. The molecule has 0 fully saturated rings. The molecule has 1 amide bonds. The van der Waals surface area contributed by atoms with Crippen LogP contribution in [0.2, 0.25) is 0 Å². The number of halogens is 3. The van der Waals surface area contributed by atoms with Gasteiger partial charge in [-0.1, -0.05) is 6.07 Å². The summed E-state index contributed by atoms with van der Waals surface area (Å²) in [6, 6.07) is 4.27. The standard InChI is InChI=1S/C15H16F3N3O2/c1-9(8-22)20-14(23)13-7-19-21(10(13)2)12-5-3-4-11(6-12)15(16,17)18/h3-7,9,22H,8H2,1-2H3,(H,20,23). The monoisotopic (exact) mass is 327 g/mol. The Kier molecular flexibility index (Phi) is 4.74. The molecule has 0 radical (unpaired) electrons. The Morgan fingerprint density at radius 3 is 2.74 bits per heavy atom. The molecule has 0 aliphatic rings. The topological polar surface area (TPSA) is 67.2 Å². The largest absolute Gasteiger partial charge is 0.416 e. The van der Waals surface area contributed by atoms with Crippen molar-refractivity contribution in [3.8, 4) is 5.69 Å². The number of nitrogens with one attached hydrogen (secondary N) is 1. The molecule has 0 aliphatic heterocycles. The molecule has 2 aromatic rings. The highest BCUT2D eigenvalue weighted by atomic mass is 19.4. The SMILES string of the molecule is Cc1c(C(=O)NC(C)CO)cnn1-c1cccc(C(F)(F)F)c1. The maximum absolute atomic E-state index is 12.8. The number of carbonyl (C=O) groups excluding carboxylic acids is 1. The highest BCUT2D eigenvalue weighted by Crippen LogP contribution is 2.30. The van der Waals surface area contributed by atoms with Crippen LogP contribution in [-0.2, 0) is 6.18 Å². The Bertz CT molecular complexity index is 710. The van der Waals surface area contributed by atoms with Gasteiger partial charge in [0, 0.05) is 6.04 Å². The summed E-state index contributed by atoms with van der Waals surface area (Å²) in [7, 11) is 0. The number of nitrogens with zero attached hydrogens (tertiary/aromatic N) is 2. The Hall–Kier alpha value is -2.35. The van der Waals surface area contributed by atoms with Gasteiger partial charge in [-0.25, -0.2) is 4.68 Å². The summed E-state index contributed by atoms with van der Waals surface area (Å²) in [5, 5.41) is 15.5. The van der Waals surface area contributed by atoms with E-state index >= 15 is 0 Å². The van der Waals surface area contributed by atoms with Gasteiger partial charge in [0.15, 0.2) is 0 Å². The van der Waals surface area contributed by atoms with E-state index in [0.717, 1.165) is 12.1 Å². The fourth-order valence-corrected chi connectivity index (χ4v) is 2.05. The van der Waals surface area contributed by atoms with Crippen LogP contribution < -0.4 is 5.32 Å². The zero-order valence-corrected chi connectivity index (χ0v) is 12.6. The molecule has 0 saturated carbocycles. The molecule has 1 aromatic carbocycles. The molecule has 1 unspecified atom stereocenters. The number of carbonyl (C=O) groups is 1. The lowest BCUT2D eigenvalue weighted by molar-refractivity contribution is -0.137. The Morgan fingerprint density at radius 2 is 2.13 bits per heavy atom. The van der Waals surface area contributed by atoms with Crippen LogP contribution in [0, 0.1) is 6.92 Å². The molecule has 1 heterocycles. The summed E-state index contributed by atoms with van der Waals surface area (Å²) in [4.78, 5) is 12.1. The number of rotatable bonds is 4. The van der Waals surface area contributed by atoms with E-state index in [0.29, 0.717) is 5.69 Å². The van der Waals surface area contributed by atoms with Crippen LogP contribution in [0.1, 0.15) is 28.5 Å². The smallest absolute Gasteiger partial charge is 0.394 e. The lowest BCUT2D eigenvalue weighted by Crippen LogP contribution is -2.35. The highest BCUT2D eigenvalue weighted by Gasteiger charge is 2.30. The van der Waals surface area contributed by atoms with E-state index in [1.807, 2.05) is 0 Å². The maximum Gasteiger partial charge on any atom is 0.416 e. The summed E-state index contributed by atoms with van der Waals surface area (Å²) in [6.45, 7) is 3.00. The van der Waals surface area contributed by atoms with Gasteiger partial charge in [-0.3, -0.25) is 4.79 Å². The van der Waals surface area contributed by atoms with E-state index in [1.54, 1.807) is 13.8 Å². The third-order valence-electron chi connectivity index (χ3n) is 3.32. The van der Waals surface area contributed by atoms with Crippen molar-refractivity contribution in [3.63, 3.8) is 0 Å². The average molecular weight is 327 g/mol. The molecule has 0 spiro atoms. The Morgan fingerprint density at radius 1 is 1.43 bits per heavy atom. The predicted octanol–water partition coefficient (Wildman–Crippen LogP) is 2.31. The van der Waals surface area contributed by atoms with Crippen LogP contribution in [0.25, 0.3) is 5.69 Å². The molecule has 0 saturated heterocycles. The Balaban J connectivity index is 2.34. The van der Waals surface area contributed by atoms with E-state index < -0.39 is 23.7 Å². The van der Waals surface area contributed by atoms with E-state index in [4.69, 9.17) is 5.11 Å². The fraction of sp³-hybridized carbons (Fsp3) is 0.333. The summed E-state index contributed by atoms with van der Waals surface area (Å²) >= 11 is 0. The molecule has 124 valence electrons. The van der Waals surface area contributed by atoms with Gasteiger partial charge < -0.3 is 10.4 Å². The molecule has 8 heteroatoms. The second-order valence-corrected chi connectivity index (χ2v) is 5.16. The van der Waals surface area contributed by atoms with Gasteiger partial charge in [-0.2, -0.15) is 18.3 Å². The molecule has 1 atom stereocenters. The van der Waals surface area contributed by atoms with Gasteiger partial charge in [0.25, 0.3) is 5.91 Å². The number of benzene rings is 1. The van der Waals surface area contributed by atoms with Gasteiger partial charge in [0.1, 0.15) is 0 Å². The van der Waals surface area contributed by atoms with Crippen LogP contribution in [0.3, 0.4) is 0 Å². The molecule has 2 rings (SSSR count). The number of amides is 1. The summed E-state index contributed by atoms with van der Waals surface area (Å²) in [6.07, 6.45) is -3.16. The minimum absolute atomic E-state index is 0.214. The van der Waals surface area contributed by atoms with Gasteiger partial charge in [0.2, 0.25) is 0 Å². The molecule has 1 aromatic heterocycles. The molecule has 0 aliphatic carbocycles. The van der Waals surface area contributed by atoms with Crippen LogP contribution in [0.5, 0.6) is 0 Å². The lowest BCUT2D eigenvalue weighted by atomic mass is 10.2. The minimum Gasteiger partial charge on any atom is -0.394 e. The minimum atomic E-state index is -4.45. The molecule has 0 bridgehead atoms. The molecule has 2 N–H and O–H groups in total. The van der Waals surface area contributed by atoms with Crippen molar-refractivity contribution >= 4 is 5.91 Å². The first-order valence-electron chi connectivity index (χ1n) is 6.88. The van der Waals surface area contributed by atoms with Crippen molar-refractivity contribution in [1.82, 2.24) is 15.1 Å². The lowest BCUT2D eigenvalue weighted by Gasteiger charge is -2.11. The first-order valence-corrected chi connectivity index (χ1v) is 6.88. The van der Waals surface area contributed by atoms with E-state index in [1.165, 1.54) is 23.0 Å². The average Bonchev–Trinajstić information content (AvgIpc) is 2.88. The summed E-state index contributed by atoms with van der Waals surface area (Å²) in [5.41, 5.74) is 0.0751. The predicted molar refractivity (Wildman–Crippen MR) is 77.3 cm³/mol. The number of aliphatic hydroxyl groups excluding tert-OH is 1. The van der Waals surface area contributed by atoms with Gasteiger partial charge in [-0.15, -0.1) is 0 Å². The molecule has 5 nitrogen and oxygen atoms in total. The Labute approximate surface area is 130 Å². The van der Waals surface area contributed by atoms with Crippen molar-refractivity contribution in [2.45, 2.75) is 26.1 Å². The van der Waals surface area contributed by atoms with Crippen molar-refractivity contribution in [2.24, 2.45) is 0 Å². The fourth-order valence-electron chi connectivity index (χ4n) is 2.05. The van der Waals surface area contributed by atoms with Crippen LogP contribution >= 0.6 is 0 Å². The first-order chi connectivity index (χ1) is 10.7. The normalized spacial score (nSPS) is 13.0. The zero-order chi connectivity index (χ0) is 17.2. The van der Waals surface area contributed by atoms with Crippen LogP contribution in [-0.4, -0.2) is 33.4 Å². The highest BCUT2D eigenvalue weighted by molar-refractivity contribution is 5.95. The maximum atomic E-state index is 12.8. The van der Waals surface area contributed by atoms with Crippen molar-refractivity contribution < 1.29 is 23.1 Å². The third-order valence-corrected chi connectivity index (χ3v) is 3.32. The van der Waals surface area contributed by atoms with Crippen molar-refractivity contribution in [2.75, 3.05) is 6.61 Å². The van der Waals surface area contributed by atoms with Gasteiger partial charge in [-0.05, 0) is 32.0 Å². The van der Waals surface area contributed by atoms with Crippen molar-refractivity contribution in [1.29, 1.82) is 0 Å². The van der Waals surface area contributed by atoms with E-state index in [2.05, 4.69) is 10.4 Å². The number of alkyl halides is 3. The van der Waals surface area contributed by atoms with E-state index in [9.17, 15) is 18.0 Å². The zero-order valence-electron chi connectivity index (χ0n) is 12.6. The quantitative estimate of drug-likeness (QED) is 0.905. The number of aromatic nitrogens is 2. The molecule has 23 heavy (non-hydrogen) atoms. The van der Waals surface area contributed by atoms with Crippen LogP contribution in [0.4, 0.5) is 13.2 Å². The second-order valence-electron chi connectivity index (χ2n) is 5.16. The van der Waals surface area contributed by atoms with E-state index in [-0.39, 0.29) is 17.9 Å². The van der Waals surface area contributed by atoms with Gasteiger partial charge in [0.05, 0.1) is 35.3 Å².